The fourth-order valence-electron chi connectivity index (χ4n) is 3.58. The summed E-state index contributed by atoms with van der Waals surface area (Å²) in [6.07, 6.45) is -3.91. The number of halogens is 3. The number of fused-ring (bicyclic) bond motifs is 1. The number of benzene rings is 2. The standard InChI is InChI=1S/C19H19F3N4O3S/c1-13-11-25(10-9-23-13)14-5-4-6-15-18(14)24-12-26(15)30(27,28)17-8-3-2-7-16(17)29-19(20,21)22/h2-8,12-13,23H,9-11H2,1H3. The predicted octanol–water partition coefficient (Wildman–Crippen LogP) is 2.97. The molecule has 1 atom stereocenters. The number of para-hydroxylation sites is 2. The van der Waals surface area contributed by atoms with Gasteiger partial charge in [0, 0.05) is 25.7 Å². The van der Waals surface area contributed by atoms with E-state index in [9.17, 15) is 21.6 Å². The molecule has 1 saturated heterocycles. The molecule has 1 N–H and O–H groups in total. The number of anilines is 1. The van der Waals surface area contributed by atoms with Crippen molar-refractivity contribution in [2.75, 3.05) is 24.5 Å². The number of piperazine rings is 1. The lowest BCUT2D eigenvalue weighted by atomic mass is 10.2. The smallest absolute Gasteiger partial charge is 0.404 e. The minimum atomic E-state index is -5.02. The number of hydrogen-bond acceptors (Lipinski definition) is 6. The zero-order valence-electron chi connectivity index (χ0n) is 15.9. The van der Waals surface area contributed by atoms with Gasteiger partial charge in [-0.2, -0.15) is 0 Å². The van der Waals surface area contributed by atoms with Crippen LogP contribution in [0.1, 0.15) is 6.92 Å². The van der Waals surface area contributed by atoms with Gasteiger partial charge in [-0.15, -0.1) is 13.2 Å². The minimum Gasteiger partial charge on any atom is -0.404 e. The number of hydrogen-bond donors (Lipinski definition) is 1. The monoisotopic (exact) mass is 440 g/mol. The van der Waals surface area contributed by atoms with Crippen LogP contribution in [0.15, 0.2) is 53.7 Å². The molecule has 1 aliphatic heterocycles. The molecule has 3 aromatic rings. The van der Waals surface area contributed by atoms with Crippen LogP contribution in [0.25, 0.3) is 11.0 Å². The van der Waals surface area contributed by atoms with Gasteiger partial charge in [0.1, 0.15) is 22.5 Å². The Hall–Kier alpha value is -2.79. The molecule has 1 fully saturated rings. The third-order valence-corrected chi connectivity index (χ3v) is 6.55. The van der Waals surface area contributed by atoms with Crippen molar-refractivity contribution in [1.29, 1.82) is 0 Å². The molecule has 0 aliphatic carbocycles. The summed E-state index contributed by atoms with van der Waals surface area (Å²) >= 11 is 0. The van der Waals surface area contributed by atoms with E-state index in [-0.39, 0.29) is 11.6 Å². The molecular formula is C19H19F3N4O3S. The first kappa shape index (κ1) is 20.5. The van der Waals surface area contributed by atoms with Gasteiger partial charge in [-0.1, -0.05) is 18.2 Å². The second-order valence-electron chi connectivity index (χ2n) is 6.99. The molecule has 1 aromatic heterocycles. The number of imidazole rings is 1. The van der Waals surface area contributed by atoms with E-state index in [0.717, 1.165) is 47.8 Å². The quantitative estimate of drug-likeness (QED) is 0.672. The number of alkyl halides is 3. The van der Waals surface area contributed by atoms with Crippen molar-refractivity contribution in [2.45, 2.75) is 24.2 Å². The molecule has 1 aliphatic rings. The van der Waals surface area contributed by atoms with Crippen LogP contribution in [0.5, 0.6) is 5.75 Å². The van der Waals surface area contributed by atoms with Gasteiger partial charge in [-0.25, -0.2) is 17.4 Å². The zero-order valence-corrected chi connectivity index (χ0v) is 16.7. The first-order chi connectivity index (χ1) is 14.2. The third kappa shape index (κ3) is 3.82. The van der Waals surface area contributed by atoms with E-state index in [4.69, 9.17) is 0 Å². The van der Waals surface area contributed by atoms with Gasteiger partial charge in [0.25, 0.3) is 10.0 Å². The van der Waals surface area contributed by atoms with Crippen LogP contribution in [0.3, 0.4) is 0 Å². The van der Waals surface area contributed by atoms with Crippen LogP contribution in [0.4, 0.5) is 18.9 Å². The van der Waals surface area contributed by atoms with Crippen molar-refractivity contribution in [3.63, 3.8) is 0 Å². The van der Waals surface area contributed by atoms with E-state index in [2.05, 4.69) is 19.9 Å². The summed E-state index contributed by atoms with van der Waals surface area (Å²) < 4.78 is 69.5. The molecule has 160 valence electrons. The van der Waals surface area contributed by atoms with Crippen LogP contribution in [-0.2, 0) is 10.0 Å². The molecule has 0 spiro atoms. The molecule has 11 heteroatoms. The number of aromatic nitrogens is 2. The molecule has 0 bridgehead atoms. The Balaban J connectivity index is 1.80. The van der Waals surface area contributed by atoms with Gasteiger partial charge in [-0.3, -0.25) is 0 Å². The minimum absolute atomic E-state index is 0.256. The van der Waals surface area contributed by atoms with Crippen molar-refractivity contribution in [3.05, 3.63) is 48.8 Å². The van der Waals surface area contributed by atoms with E-state index in [1.54, 1.807) is 12.1 Å². The molecule has 1 unspecified atom stereocenters. The number of rotatable bonds is 4. The second-order valence-corrected chi connectivity index (χ2v) is 8.77. The average molecular weight is 440 g/mol. The summed E-state index contributed by atoms with van der Waals surface area (Å²) in [6.45, 7) is 4.28. The summed E-state index contributed by atoms with van der Waals surface area (Å²) in [7, 11) is -4.39. The van der Waals surface area contributed by atoms with Gasteiger partial charge in [0.2, 0.25) is 0 Å². The van der Waals surface area contributed by atoms with Crippen molar-refractivity contribution in [1.82, 2.24) is 14.3 Å². The summed E-state index contributed by atoms with van der Waals surface area (Å²) in [5.74, 6) is -0.793. The van der Waals surface area contributed by atoms with Gasteiger partial charge < -0.3 is 15.0 Å². The van der Waals surface area contributed by atoms with Crippen LogP contribution < -0.4 is 15.0 Å². The van der Waals surface area contributed by atoms with E-state index < -0.39 is 27.0 Å². The molecule has 2 heterocycles. The van der Waals surface area contributed by atoms with E-state index >= 15 is 0 Å². The molecule has 0 saturated carbocycles. The Morgan fingerprint density at radius 2 is 1.93 bits per heavy atom. The Morgan fingerprint density at radius 1 is 1.17 bits per heavy atom. The fraction of sp³-hybridized carbons (Fsp3) is 0.316. The number of ether oxygens (including phenoxy) is 1. The van der Waals surface area contributed by atoms with Crippen LogP contribution in [0.2, 0.25) is 0 Å². The van der Waals surface area contributed by atoms with Crippen LogP contribution in [-0.4, -0.2) is 49.4 Å². The molecular weight excluding hydrogens is 421 g/mol. The fourth-order valence-corrected chi connectivity index (χ4v) is 4.98. The molecule has 7 nitrogen and oxygen atoms in total. The van der Waals surface area contributed by atoms with E-state index in [0.29, 0.717) is 5.52 Å². The molecule has 30 heavy (non-hydrogen) atoms. The Kier molecular flexibility index (Phi) is 5.10. The van der Waals surface area contributed by atoms with E-state index in [1.165, 1.54) is 12.1 Å². The SMILES string of the molecule is CC1CN(c2cccc3c2ncn3S(=O)(=O)c2ccccc2OC(F)(F)F)CCN1. The van der Waals surface area contributed by atoms with Gasteiger partial charge in [0.05, 0.1) is 11.2 Å². The predicted molar refractivity (Wildman–Crippen MR) is 105 cm³/mol. The zero-order chi connectivity index (χ0) is 21.5. The highest BCUT2D eigenvalue weighted by atomic mass is 32.2. The normalized spacial score (nSPS) is 18.0. The highest BCUT2D eigenvalue weighted by Gasteiger charge is 2.35. The summed E-state index contributed by atoms with van der Waals surface area (Å²) in [4.78, 5) is 5.78. The van der Waals surface area contributed by atoms with E-state index in [1.807, 2.05) is 13.0 Å². The first-order valence-corrected chi connectivity index (χ1v) is 10.7. The van der Waals surface area contributed by atoms with Crippen LogP contribution in [0, 0.1) is 0 Å². The summed E-state index contributed by atoms with van der Waals surface area (Å²) in [5.41, 5.74) is 1.51. The van der Waals surface area contributed by atoms with Crippen LogP contribution >= 0.6 is 0 Å². The van der Waals surface area contributed by atoms with Crippen molar-refractivity contribution in [2.24, 2.45) is 0 Å². The van der Waals surface area contributed by atoms with Gasteiger partial charge in [0.15, 0.2) is 0 Å². The lowest BCUT2D eigenvalue weighted by Gasteiger charge is -2.33. The lowest BCUT2D eigenvalue weighted by Crippen LogP contribution is -2.49. The molecule has 0 radical (unpaired) electrons. The first-order valence-electron chi connectivity index (χ1n) is 9.21. The third-order valence-electron chi connectivity index (χ3n) is 4.84. The Morgan fingerprint density at radius 3 is 2.67 bits per heavy atom. The molecule has 4 rings (SSSR count). The molecule has 2 aromatic carbocycles. The molecule has 0 amide bonds. The maximum Gasteiger partial charge on any atom is 0.573 e. The average Bonchev–Trinajstić information content (AvgIpc) is 3.12. The summed E-state index contributed by atoms with van der Waals surface area (Å²) in [6, 6.07) is 10.0. The summed E-state index contributed by atoms with van der Waals surface area (Å²) in [5, 5.41) is 3.34. The van der Waals surface area contributed by atoms with Crippen molar-refractivity contribution < 1.29 is 26.3 Å². The Bertz CT molecular complexity index is 1180. The number of nitrogens with one attached hydrogen (secondary N) is 1. The van der Waals surface area contributed by atoms with Gasteiger partial charge in [-0.05, 0) is 31.2 Å². The number of nitrogens with zero attached hydrogens (tertiary/aromatic N) is 3. The largest absolute Gasteiger partial charge is 0.573 e. The maximum atomic E-state index is 13.2. The Labute approximate surface area is 171 Å². The second kappa shape index (κ2) is 7.47. The van der Waals surface area contributed by atoms with Crippen molar-refractivity contribution in [3.8, 4) is 5.75 Å². The highest BCUT2D eigenvalue weighted by molar-refractivity contribution is 7.90. The lowest BCUT2D eigenvalue weighted by molar-refractivity contribution is -0.275. The van der Waals surface area contributed by atoms with Crippen molar-refractivity contribution >= 4 is 26.7 Å². The maximum absolute atomic E-state index is 13.2. The highest BCUT2D eigenvalue weighted by Crippen LogP contribution is 2.33. The topological polar surface area (TPSA) is 76.5 Å². The van der Waals surface area contributed by atoms with Gasteiger partial charge >= 0.3 is 6.36 Å².